The van der Waals surface area contributed by atoms with Gasteiger partial charge in [0.2, 0.25) is 0 Å². The summed E-state index contributed by atoms with van der Waals surface area (Å²) in [5.41, 5.74) is -1.86. The average molecular weight is 520 g/mol. The van der Waals surface area contributed by atoms with Crippen LogP contribution in [0.15, 0.2) is 41.3 Å². The fourth-order valence-corrected chi connectivity index (χ4v) is 3.27. The molecule has 0 radical (unpaired) electrons. The van der Waals surface area contributed by atoms with Crippen molar-refractivity contribution >= 4 is 29.4 Å². The van der Waals surface area contributed by atoms with Crippen LogP contribution in [-0.2, 0) is 4.74 Å². The molecule has 0 aromatic heterocycles. The normalized spacial score (nSPS) is 12.9. The van der Waals surface area contributed by atoms with Crippen molar-refractivity contribution in [1.82, 2.24) is 4.90 Å². The molecule has 0 saturated carbocycles. The van der Waals surface area contributed by atoms with Crippen molar-refractivity contribution in [2.45, 2.75) is 22.5 Å². The molecule has 0 heterocycles. The summed E-state index contributed by atoms with van der Waals surface area (Å²) in [4.78, 5) is 24.2. The smallest absolute Gasteiger partial charge is 0.364 e. The minimum atomic E-state index is -5.86. The zero-order valence-electron chi connectivity index (χ0n) is 16.7. The van der Waals surface area contributed by atoms with Gasteiger partial charge in [-0.2, -0.15) is 22.0 Å². The van der Waals surface area contributed by atoms with Gasteiger partial charge in [0.1, 0.15) is 29.7 Å². The number of methoxy groups -OCH3 is 1. The lowest BCUT2D eigenvalue weighted by atomic mass is 10.1. The highest BCUT2D eigenvalue weighted by atomic mass is 32.2. The third-order valence-corrected chi connectivity index (χ3v) is 4.91. The van der Waals surface area contributed by atoms with E-state index < -0.39 is 81.6 Å². The van der Waals surface area contributed by atoms with Crippen LogP contribution in [0.4, 0.5) is 50.0 Å². The Morgan fingerprint density at radius 3 is 2.12 bits per heavy atom. The molecule has 1 unspecified atom stereocenters. The first-order chi connectivity index (χ1) is 15.7. The number of hydrogen-bond donors (Lipinski definition) is 1. The maximum atomic E-state index is 14.3. The van der Waals surface area contributed by atoms with E-state index in [2.05, 4.69) is 4.74 Å². The van der Waals surface area contributed by atoms with E-state index in [1.165, 1.54) is 0 Å². The van der Waals surface area contributed by atoms with Gasteiger partial charge in [0.25, 0.3) is 12.1 Å². The molecule has 0 saturated heterocycles. The summed E-state index contributed by atoms with van der Waals surface area (Å²) < 4.78 is 123. The highest BCUT2D eigenvalue weighted by Gasteiger charge is 2.57. The summed E-state index contributed by atoms with van der Waals surface area (Å²) in [6.45, 7) is -0.838. The lowest BCUT2D eigenvalue weighted by Crippen LogP contribution is -2.42. The van der Waals surface area contributed by atoms with E-state index in [1.807, 2.05) is 5.32 Å². The van der Waals surface area contributed by atoms with Crippen LogP contribution in [0.1, 0.15) is 10.4 Å². The molecular weight excluding hydrogens is 507 g/mol. The molecule has 0 aliphatic carbocycles. The molecule has 34 heavy (non-hydrogen) atoms. The number of halogens is 9. The standard InChI is InChI=1S/C19H13F9N2O3S/c1-33-8-30(15(31)14-10(20)3-2-4-11(14)21)17(32)29-13-6-5-9(7-12(13)22)34-19(27,28)16(23)18(24,25)26/h2-7,16H,8H2,1H3,(H,29,32). The predicted octanol–water partition coefficient (Wildman–Crippen LogP) is 5.97. The number of ether oxygens (including phenoxy) is 1. The van der Waals surface area contributed by atoms with E-state index in [0.717, 1.165) is 25.3 Å². The molecule has 15 heteroatoms. The van der Waals surface area contributed by atoms with Gasteiger partial charge in [0, 0.05) is 12.0 Å². The van der Waals surface area contributed by atoms with Gasteiger partial charge in [-0.1, -0.05) is 6.07 Å². The number of benzene rings is 2. The number of alkyl halides is 6. The van der Waals surface area contributed by atoms with Crippen LogP contribution in [0.25, 0.3) is 0 Å². The van der Waals surface area contributed by atoms with Crippen LogP contribution >= 0.6 is 11.8 Å². The molecule has 0 aliphatic rings. The SMILES string of the molecule is COCN(C(=O)Nc1ccc(SC(F)(F)C(F)C(F)(F)F)cc1F)C(=O)c1c(F)cccc1F. The second kappa shape index (κ2) is 10.5. The zero-order chi connectivity index (χ0) is 25.8. The predicted molar refractivity (Wildman–Crippen MR) is 102 cm³/mol. The van der Waals surface area contributed by atoms with Gasteiger partial charge in [-0.15, -0.1) is 0 Å². The van der Waals surface area contributed by atoms with Crippen LogP contribution in [0.5, 0.6) is 0 Å². The second-order valence-corrected chi connectivity index (χ2v) is 7.61. The minimum absolute atomic E-state index is 0.161. The lowest BCUT2D eigenvalue weighted by molar-refractivity contribution is -0.219. The number of hydrogen-bond acceptors (Lipinski definition) is 4. The van der Waals surface area contributed by atoms with Gasteiger partial charge in [-0.05, 0) is 42.1 Å². The van der Waals surface area contributed by atoms with Crippen molar-refractivity contribution in [3.8, 4) is 0 Å². The summed E-state index contributed by atoms with van der Waals surface area (Å²) in [6, 6.07) is 2.58. The average Bonchev–Trinajstić information content (AvgIpc) is 2.72. The van der Waals surface area contributed by atoms with Crippen molar-refractivity contribution in [3.63, 3.8) is 0 Å². The van der Waals surface area contributed by atoms with Crippen molar-refractivity contribution in [1.29, 1.82) is 0 Å². The van der Waals surface area contributed by atoms with Gasteiger partial charge < -0.3 is 10.1 Å². The molecule has 2 aromatic carbocycles. The lowest BCUT2D eigenvalue weighted by Gasteiger charge is -2.22. The van der Waals surface area contributed by atoms with E-state index >= 15 is 0 Å². The maximum Gasteiger partial charge on any atom is 0.426 e. The second-order valence-electron chi connectivity index (χ2n) is 6.39. The number of nitrogens with zero attached hydrogens (tertiary/aromatic N) is 1. The number of rotatable bonds is 7. The number of urea groups is 1. The highest BCUT2D eigenvalue weighted by molar-refractivity contribution is 8.00. The Kier molecular flexibility index (Phi) is 8.47. The number of nitrogens with one attached hydrogen (secondary N) is 1. The summed E-state index contributed by atoms with van der Waals surface area (Å²) in [5.74, 6) is -5.56. The van der Waals surface area contributed by atoms with Crippen LogP contribution < -0.4 is 5.32 Å². The first-order valence-corrected chi connectivity index (χ1v) is 9.63. The summed E-state index contributed by atoms with van der Waals surface area (Å²) in [7, 11) is 1.02. The Morgan fingerprint density at radius 2 is 1.62 bits per heavy atom. The molecular formula is C19H13F9N2O3S. The fraction of sp³-hybridized carbons (Fsp3) is 0.263. The van der Waals surface area contributed by atoms with Crippen LogP contribution in [0.3, 0.4) is 0 Å². The topological polar surface area (TPSA) is 58.6 Å². The van der Waals surface area contributed by atoms with E-state index in [1.54, 1.807) is 0 Å². The Balaban J connectivity index is 2.23. The van der Waals surface area contributed by atoms with Crippen LogP contribution in [0, 0.1) is 17.5 Å². The number of carbonyl (C=O) groups is 2. The molecule has 0 spiro atoms. The molecule has 2 rings (SSSR count). The minimum Gasteiger partial charge on any atom is -0.364 e. The zero-order valence-corrected chi connectivity index (χ0v) is 17.5. The molecule has 0 aliphatic heterocycles. The Bertz CT molecular complexity index is 1050. The molecule has 0 fully saturated rings. The number of amides is 3. The van der Waals surface area contributed by atoms with Crippen LogP contribution in [0.2, 0.25) is 0 Å². The van der Waals surface area contributed by atoms with E-state index in [4.69, 9.17) is 0 Å². The molecule has 0 bridgehead atoms. The number of thioether (sulfide) groups is 1. The summed E-state index contributed by atoms with van der Waals surface area (Å²) in [5, 5.41) is -3.15. The van der Waals surface area contributed by atoms with Crippen molar-refractivity contribution in [2.24, 2.45) is 0 Å². The van der Waals surface area contributed by atoms with E-state index in [-0.39, 0.29) is 11.0 Å². The van der Waals surface area contributed by atoms with E-state index in [0.29, 0.717) is 12.1 Å². The molecule has 5 nitrogen and oxygen atoms in total. The quantitative estimate of drug-likeness (QED) is 0.278. The summed E-state index contributed by atoms with van der Waals surface area (Å²) >= 11 is -0.906. The van der Waals surface area contributed by atoms with Gasteiger partial charge in [-0.25, -0.2) is 27.3 Å². The van der Waals surface area contributed by atoms with Gasteiger partial charge >= 0.3 is 17.5 Å². The maximum absolute atomic E-state index is 14.3. The number of imide groups is 1. The van der Waals surface area contributed by atoms with Crippen LogP contribution in [-0.4, -0.2) is 48.3 Å². The highest BCUT2D eigenvalue weighted by Crippen LogP contribution is 2.45. The monoisotopic (exact) mass is 520 g/mol. The fourth-order valence-electron chi connectivity index (χ4n) is 2.42. The number of anilines is 1. The van der Waals surface area contributed by atoms with Gasteiger partial charge in [0.05, 0.1) is 5.69 Å². The third-order valence-electron chi connectivity index (χ3n) is 3.94. The van der Waals surface area contributed by atoms with Gasteiger partial charge in [-0.3, -0.25) is 4.79 Å². The Morgan fingerprint density at radius 1 is 1.03 bits per heavy atom. The molecule has 1 atom stereocenters. The summed E-state index contributed by atoms with van der Waals surface area (Å²) in [6.07, 6.45) is -10.4. The van der Waals surface area contributed by atoms with Gasteiger partial charge in [0.15, 0.2) is 0 Å². The molecule has 2 aromatic rings. The largest absolute Gasteiger partial charge is 0.426 e. The van der Waals surface area contributed by atoms with Crippen molar-refractivity contribution < 1.29 is 53.8 Å². The molecule has 1 N–H and O–H groups in total. The third kappa shape index (κ3) is 6.34. The Hall–Kier alpha value is -2.94. The molecule has 186 valence electrons. The molecule has 3 amide bonds. The van der Waals surface area contributed by atoms with Crippen molar-refractivity contribution in [3.05, 3.63) is 59.4 Å². The van der Waals surface area contributed by atoms with Crippen molar-refractivity contribution in [2.75, 3.05) is 19.2 Å². The first kappa shape index (κ1) is 27.3. The van der Waals surface area contributed by atoms with E-state index in [9.17, 15) is 49.1 Å². The Labute approximate surface area is 189 Å². The number of carbonyl (C=O) groups excluding carboxylic acids is 2. The first-order valence-electron chi connectivity index (χ1n) is 8.82.